The molecule has 0 aliphatic carbocycles. The number of hydrogen-bond donors (Lipinski definition) is 0. The molecule has 142 valence electrons. The molecule has 0 amide bonds. The van der Waals surface area contributed by atoms with Gasteiger partial charge in [-0.25, -0.2) is 8.42 Å². The molecule has 27 heavy (non-hydrogen) atoms. The minimum absolute atomic E-state index is 0.291. The number of rotatable bonds is 7. The molecule has 1 heterocycles. The molecule has 0 saturated heterocycles. The summed E-state index contributed by atoms with van der Waals surface area (Å²) in [7, 11) is -1.15. The highest BCUT2D eigenvalue weighted by atomic mass is 35.5. The van der Waals surface area contributed by atoms with Crippen LogP contribution < -0.4 is 9.64 Å². The number of halogens is 1. The second-order valence-electron chi connectivity index (χ2n) is 6.36. The monoisotopic (exact) mass is 404 g/mol. The number of anilines is 1. The van der Waals surface area contributed by atoms with Crippen LogP contribution in [0.5, 0.6) is 5.75 Å². The van der Waals surface area contributed by atoms with Crippen molar-refractivity contribution in [1.82, 2.24) is 4.98 Å². The lowest BCUT2D eigenvalue weighted by molar-refractivity contribution is 0.312. The van der Waals surface area contributed by atoms with Crippen molar-refractivity contribution in [2.24, 2.45) is 0 Å². The maximum Gasteiger partial charge on any atom is 0.175 e. The first-order chi connectivity index (χ1) is 12.8. The van der Waals surface area contributed by atoms with Gasteiger partial charge in [0.1, 0.15) is 5.75 Å². The molecular formula is C20H21ClN2O3S. The molecule has 0 aliphatic heterocycles. The molecule has 0 bridgehead atoms. The number of nitrogens with zero attached hydrogens (tertiary/aromatic N) is 2. The van der Waals surface area contributed by atoms with Crippen molar-refractivity contribution in [3.8, 4) is 5.75 Å². The van der Waals surface area contributed by atoms with E-state index in [4.69, 9.17) is 16.3 Å². The Labute approximate surface area is 164 Å². The van der Waals surface area contributed by atoms with E-state index in [2.05, 4.69) is 9.88 Å². The molecule has 1 aromatic heterocycles. The standard InChI is InChI=1S/C20H21ClN2O3S/c1-23(20-10-11-22-19-14-15(21)4-9-18(19)20)12-3-13-26-16-5-7-17(8-6-16)27(2,24)25/h4-11,14H,3,12-13H2,1-2H3. The Balaban J connectivity index is 1.56. The van der Waals surface area contributed by atoms with Gasteiger partial charge in [-0.2, -0.15) is 0 Å². The van der Waals surface area contributed by atoms with Crippen molar-refractivity contribution in [3.05, 3.63) is 59.8 Å². The van der Waals surface area contributed by atoms with E-state index in [1.807, 2.05) is 31.3 Å². The third-order valence-corrected chi connectivity index (χ3v) is 5.62. The molecule has 0 unspecified atom stereocenters. The number of aromatic nitrogens is 1. The average molecular weight is 405 g/mol. The maximum atomic E-state index is 11.5. The molecule has 0 saturated carbocycles. The quantitative estimate of drug-likeness (QED) is 0.552. The first-order valence-corrected chi connectivity index (χ1v) is 10.8. The van der Waals surface area contributed by atoms with Crippen LogP contribution in [0.2, 0.25) is 5.02 Å². The minimum atomic E-state index is -3.18. The Bertz CT molecular complexity index is 1040. The Morgan fingerprint density at radius 3 is 2.56 bits per heavy atom. The summed E-state index contributed by atoms with van der Waals surface area (Å²) in [6.45, 7) is 1.35. The molecule has 3 aromatic rings. The summed E-state index contributed by atoms with van der Waals surface area (Å²) < 4.78 is 28.6. The van der Waals surface area contributed by atoms with Crippen LogP contribution in [0.15, 0.2) is 59.6 Å². The summed E-state index contributed by atoms with van der Waals surface area (Å²) >= 11 is 6.04. The minimum Gasteiger partial charge on any atom is -0.494 e. The molecular weight excluding hydrogens is 384 g/mol. The van der Waals surface area contributed by atoms with Crippen molar-refractivity contribution in [1.29, 1.82) is 0 Å². The summed E-state index contributed by atoms with van der Waals surface area (Å²) in [5, 5.41) is 1.73. The van der Waals surface area contributed by atoms with Crippen LogP contribution in [0.4, 0.5) is 5.69 Å². The van der Waals surface area contributed by atoms with E-state index in [1.54, 1.807) is 30.5 Å². The van der Waals surface area contributed by atoms with Gasteiger partial charge in [0.25, 0.3) is 0 Å². The van der Waals surface area contributed by atoms with Crippen molar-refractivity contribution < 1.29 is 13.2 Å². The van der Waals surface area contributed by atoms with Gasteiger partial charge in [-0.3, -0.25) is 4.98 Å². The Kier molecular flexibility index (Phi) is 5.87. The topological polar surface area (TPSA) is 59.5 Å². The van der Waals surface area contributed by atoms with Gasteiger partial charge in [0.05, 0.1) is 17.0 Å². The van der Waals surface area contributed by atoms with Crippen molar-refractivity contribution in [3.63, 3.8) is 0 Å². The smallest absolute Gasteiger partial charge is 0.175 e. The maximum absolute atomic E-state index is 11.5. The summed E-state index contributed by atoms with van der Waals surface area (Å²) in [4.78, 5) is 6.82. The Morgan fingerprint density at radius 2 is 1.85 bits per heavy atom. The number of pyridine rings is 1. The first-order valence-electron chi connectivity index (χ1n) is 8.53. The molecule has 3 rings (SSSR count). The van der Waals surface area contributed by atoms with Crippen LogP contribution in [-0.2, 0) is 9.84 Å². The van der Waals surface area contributed by atoms with Crippen LogP contribution in [0.1, 0.15) is 6.42 Å². The number of hydrogen-bond acceptors (Lipinski definition) is 5. The normalized spacial score (nSPS) is 11.5. The molecule has 0 aliphatic rings. The van der Waals surface area contributed by atoms with E-state index in [-0.39, 0.29) is 0 Å². The first kappa shape index (κ1) is 19.5. The predicted octanol–water partition coefficient (Wildman–Crippen LogP) is 4.20. The highest BCUT2D eigenvalue weighted by molar-refractivity contribution is 7.90. The van der Waals surface area contributed by atoms with Crippen molar-refractivity contribution in [2.75, 3.05) is 31.4 Å². The van der Waals surface area contributed by atoms with Gasteiger partial charge in [0, 0.05) is 42.1 Å². The van der Waals surface area contributed by atoms with Gasteiger partial charge in [-0.15, -0.1) is 0 Å². The molecule has 2 aromatic carbocycles. The molecule has 0 spiro atoms. The lowest BCUT2D eigenvalue weighted by Crippen LogP contribution is -2.20. The fraction of sp³-hybridized carbons (Fsp3) is 0.250. The molecule has 0 N–H and O–H groups in total. The van der Waals surface area contributed by atoms with E-state index in [0.717, 1.165) is 29.6 Å². The summed E-state index contributed by atoms with van der Waals surface area (Å²) in [5.74, 6) is 0.661. The molecule has 0 atom stereocenters. The van der Waals surface area contributed by atoms with Crippen molar-refractivity contribution in [2.45, 2.75) is 11.3 Å². The Morgan fingerprint density at radius 1 is 1.11 bits per heavy atom. The second-order valence-corrected chi connectivity index (χ2v) is 8.81. The average Bonchev–Trinajstić information content (AvgIpc) is 2.64. The van der Waals surface area contributed by atoms with Crippen molar-refractivity contribution >= 4 is 38.0 Å². The summed E-state index contributed by atoms with van der Waals surface area (Å²) in [6, 6.07) is 14.2. The summed E-state index contributed by atoms with van der Waals surface area (Å²) in [5.41, 5.74) is 1.96. The molecule has 0 fully saturated rings. The fourth-order valence-electron chi connectivity index (χ4n) is 2.83. The van der Waals surface area contributed by atoms with Gasteiger partial charge in [-0.1, -0.05) is 11.6 Å². The van der Waals surface area contributed by atoms with Crippen LogP contribution in [-0.4, -0.2) is 39.9 Å². The molecule has 5 nitrogen and oxygen atoms in total. The van der Waals surface area contributed by atoms with Gasteiger partial charge in [0.15, 0.2) is 9.84 Å². The van der Waals surface area contributed by atoms with Crippen LogP contribution in [0.3, 0.4) is 0 Å². The van der Waals surface area contributed by atoms with E-state index in [9.17, 15) is 8.42 Å². The number of ether oxygens (including phenoxy) is 1. The largest absolute Gasteiger partial charge is 0.494 e. The molecule has 0 radical (unpaired) electrons. The SMILES string of the molecule is CN(CCCOc1ccc(S(C)(=O)=O)cc1)c1ccnc2cc(Cl)ccc12. The van der Waals surface area contributed by atoms with Crippen LogP contribution in [0, 0.1) is 0 Å². The molecule has 7 heteroatoms. The highest BCUT2D eigenvalue weighted by Crippen LogP contribution is 2.26. The fourth-order valence-corrected chi connectivity index (χ4v) is 3.63. The zero-order valence-electron chi connectivity index (χ0n) is 15.2. The zero-order valence-corrected chi connectivity index (χ0v) is 16.8. The predicted molar refractivity (Wildman–Crippen MR) is 110 cm³/mol. The van der Waals surface area contributed by atoms with E-state index >= 15 is 0 Å². The van der Waals surface area contributed by atoms with Gasteiger partial charge in [-0.05, 0) is 55.0 Å². The lowest BCUT2D eigenvalue weighted by atomic mass is 10.1. The van der Waals surface area contributed by atoms with Gasteiger partial charge >= 0.3 is 0 Å². The van der Waals surface area contributed by atoms with Gasteiger partial charge in [0.2, 0.25) is 0 Å². The summed E-state index contributed by atoms with van der Waals surface area (Å²) in [6.07, 6.45) is 3.79. The Hall–Kier alpha value is -2.31. The number of sulfone groups is 1. The zero-order chi connectivity index (χ0) is 19.4. The van der Waals surface area contributed by atoms with E-state index < -0.39 is 9.84 Å². The second kappa shape index (κ2) is 8.15. The van der Waals surface area contributed by atoms with Crippen LogP contribution >= 0.6 is 11.6 Å². The third-order valence-electron chi connectivity index (χ3n) is 4.25. The highest BCUT2D eigenvalue weighted by Gasteiger charge is 2.08. The lowest BCUT2D eigenvalue weighted by Gasteiger charge is -2.21. The van der Waals surface area contributed by atoms with E-state index in [1.165, 1.54) is 6.26 Å². The van der Waals surface area contributed by atoms with Gasteiger partial charge < -0.3 is 9.64 Å². The van der Waals surface area contributed by atoms with Crippen LogP contribution in [0.25, 0.3) is 10.9 Å². The van der Waals surface area contributed by atoms with E-state index in [0.29, 0.717) is 22.3 Å². The third kappa shape index (κ3) is 4.90. The number of fused-ring (bicyclic) bond motifs is 1. The number of benzene rings is 2.